The first-order chi connectivity index (χ1) is 15.7. The summed E-state index contributed by atoms with van der Waals surface area (Å²) in [5.41, 5.74) is 1.20. The Kier molecular flexibility index (Phi) is 14.0. The molecular formula is C26H43FN2O3. The van der Waals surface area contributed by atoms with Gasteiger partial charge in [-0.3, -0.25) is 9.18 Å². The second-order valence-electron chi connectivity index (χ2n) is 8.88. The number of carbonyl (C=O) groups excluding carboxylic acids is 1. The van der Waals surface area contributed by atoms with Gasteiger partial charge >= 0.3 is 0 Å². The largest absolute Gasteiger partial charge is 0.494 e. The van der Waals surface area contributed by atoms with Gasteiger partial charge in [-0.15, -0.1) is 0 Å². The van der Waals surface area contributed by atoms with Crippen LogP contribution in [0.1, 0.15) is 69.8 Å². The number of carbonyl (C=O) groups is 1. The molecule has 1 amide bonds. The second kappa shape index (κ2) is 16.9. The number of amides is 1. The van der Waals surface area contributed by atoms with E-state index in [9.17, 15) is 9.18 Å². The number of ether oxygens (including phenoxy) is 2. The van der Waals surface area contributed by atoms with E-state index in [-0.39, 0.29) is 18.6 Å². The lowest BCUT2D eigenvalue weighted by Crippen LogP contribution is -2.44. The highest BCUT2D eigenvalue weighted by atomic mass is 19.1. The van der Waals surface area contributed by atoms with Crippen LogP contribution < -0.4 is 10.1 Å². The number of rotatable bonds is 18. The van der Waals surface area contributed by atoms with Gasteiger partial charge in [0.05, 0.1) is 13.3 Å². The summed E-state index contributed by atoms with van der Waals surface area (Å²) in [6, 6.07) is 8.23. The SMILES string of the molecule is COCCCCCCCC(=O)N[C@@H](Cc1ccc(OCCCCF)cc1)CN1CCCC1. The van der Waals surface area contributed by atoms with Gasteiger partial charge in [0, 0.05) is 32.7 Å². The number of nitrogens with one attached hydrogen (secondary N) is 1. The first-order valence-corrected chi connectivity index (χ1v) is 12.5. The Morgan fingerprint density at radius 2 is 1.69 bits per heavy atom. The van der Waals surface area contributed by atoms with E-state index in [0.717, 1.165) is 70.5 Å². The average molecular weight is 451 g/mol. The first-order valence-electron chi connectivity index (χ1n) is 12.5. The van der Waals surface area contributed by atoms with Crippen molar-refractivity contribution in [1.82, 2.24) is 10.2 Å². The molecule has 0 saturated carbocycles. The third-order valence-corrected chi connectivity index (χ3v) is 6.00. The molecule has 1 heterocycles. The topological polar surface area (TPSA) is 50.8 Å². The summed E-state index contributed by atoms with van der Waals surface area (Å²) in [5, 5.41) is 3.30. The standard InChI is InChI=1S/C26H43FN2O3/c1-31-19-9-4-2-3-5-11-26(30)28-24(22-29-17-7-8-18-29)21-23-12-14-25(15-13-23)32-20-10-6-16-27/h12-15,24H,2-11,16-22H2,1H3,(H,28,30)/t24-/m0/s1. The average Bonchev–Trinajstić information content (AvgIpc) is 3.30. The fourth-order valence-corrected chi connectivity index (χ4v) is 4.19. The minimum Gasteiger partial charge on any atom is -0.494 e. The molecule has 1 aromatic rings. The Labute approximate surface area is 194 Å². The quantitative estimate of drug-likeness (QED) is 0.322. The Bertz CT molecular complexity index is 606. The molecule has 2 rings (SSSR count). The molecule has 0 unspecified atom stereocenters. The highest BCUT2D eigenvalue weighted by Crippen LogP contribution is 2.16. The molecule has 0 spiro atoms. The molecule has 1 atom stereocenters. The van der Waals surface area contributed by atoms with Gasteiger partial charge in [0.2, 0.25) is 5.91 Å². The lowest BCUT2D eigenvalue weighted by atomic mass is 10.0. The van der Waals surface area contributed by atoms with Crippen LogP contribution in [0.5, 0.6) is 5.75 Å². The molecule has 0 aliphatic carbocycles. The summed E-state index contributed by atoms with van der Waals surface area (Å²) in [6.45, 7) is 4.23. The number of hydrogen-bond acceptors (Lipinski definition) is 4. The van der Waals surface area contributed by atoms with Crippen molar-refractivity contribution >= 4 is 5.91 Å². The highest BCUT2D eigenvalue weighted by molar-refractivity contribution is 5.76. The minimum absolute atomic E-state index is 0.124. The highest BCUT2D eigenvalue weighted by Gasteiger charge is 2.19. The molecule has 1 aliphatic heterocycles. The van der Waals surface area contributed by atoms with Crippen molar-refractivity contribution in [1.29, 1.82) is 0 Å². The Morgan fingerprint density at radius 3 is 2.41 bits per heavy atom. The Hall–Kier alpha value is -1.66. The van der Waals surface area contributed by atoms with Crippen LogP contribution in [-0.2, 0) is 16.0 Å². The van der Waals surface area contributed by atoms with Gasteiger partial charge in [0.1, 0.15) is 5.75 Å². The number of benzene rings is 1. The van der Waals surface area contributed by atoms with Gasteiger partial charge in [-0.1, -0.05) is 31.4 Å². The monoisotopic (exact) mass is 450 g/mol. The van der Waals surface area contributed by atoms with E-state index in [4.69, 9.17) is 9.47 Å². The smallest absolute Gasteiger partial charge is 0.220 e. The molecule has 1 saturated heterocycles. The third kappa shape index (κ3) is 11.8. The van der Waals surface area contributed by atoms with Crippen LogP contribution in [0, 0.1) is 0 Å². The zero-order valence-electron chi connectivity index (χ0n) is 20.0. The predicted octanol–water partition coefficient (Wildman–Crippen LogP) is 4.93. The number of alkyl halides is 1. The Morgan fingerprint density at radius 1 is 1.00 bits per heavy atom. The van der Waals surface area contributed by atoms with E-state index in [0.29, 0.717) is 19.4 Å². The third-order valence-electron chi connectivity index (χ3n) is 6.00. The molecule has 5 nitrogen and oxygen atoms in total. The summed E-state index contributed by atoms with van der Waals surface area (Å²) in [5.74, 6) is 0.983. The molecule has 0 radical (unpaired) electrons. The second-order valence-corrected chi connectivity index (χ2v) is 8.88. The summed E-state index contributed by atoms with van der Waals surface area (Å²) in [7, 11) is 1.74. The van der Waals surface area contributed by atoms with Crippen molar-refractivity contribution in [3.8, 4) is 5.75 Å². The molecular weight excluding hydrogens is 407 g/mol. The number of nitrogens with zero attached hydrogens (tertiary/aromatic N) is 1. The van der Waals surface area contributed by atoms with Crippen LogP contribution in [0.2, 0.25) is 0 Å². The van der Waals surface area contributed by atoms with Crippen molar-refractivity contribution in [3.63, 3.8) is 0 Å². The summed E-state index contributed by atoms with van der Waals surface area (Å²) >= 11 is 0. The van der Waals surface area contributed by atoms with Gasteiger partial charge < -0.3 is 19.7 Å². The first kappa shape index (κ1) is 26.6. The van der Waals surface area contributed by atoms with Crippen molar-refractivity contribution in [2.45, 2.75) is 76.7 Å². The molecule has 32 heavy (non-hydrogen) atoms. The number of halogens is 1. The van der Waals surface area contributed by atoms with Gasteiger partial charge in [-0.05, 0) is 75.7 Å². The summed E-state index contributed by atoms with van der Waals surface area (Å²) in [4.78, 5) is 15.0. The molecule has 0 aromatic heterocycles. The van der Waals surface area contributed by atoms with Crippen LogP contribution in [0.4, 0.5) is 4.39 Å². The Balaban J connectivity index is 1.77. The normalized spacial score (nSPS) is 15.1. The van der Waals surface area contributed by atoms with Gasteiger partial charge in [0.15, 0.2) is 0 Å². The lowest BCUT2D eigenvalue weighted by Gasteiger charge is -2.25. The van der Waals surface area contributed by atoms with Crippen molar-refractivity contribution in [3.05, 3.63) is 29.8 Å². The molecule has 1 N–H and O–H groups in total. The fraction of sp³-hybridized carbons (Fsp3) is 0.731. The van der Waals surface area contributed by atoms with E-state index in [1.54, 1.807) is 7.11 Å². The summed E-state index contributed by atoms with van der Waals surface area (Å²) in [6.07, 6.45) is 10.7. The maximum Gasteiger partial charge on any atom is 0.220 e. The van der Waals surface area contributed by atoms with Gasteiger partial charge in [-0.2, -0.15) is 0 Å². The number of hydrogen-bond donors (Lipinski definition) is 1. The maximum absolute atomic E-state index is 12.6. The van der Waals surface area contributed by atoms with E-state index in [1.807, 2.05) is 12.1 Å². The van der Waals surface area contributed by atoms with Crippen LogP contribution in [-0.4, -0.2) is 63.5 Å². The number of likely N-dealkylation sites (tertiary alicyclic amines) is 1. The zero-order chi connectivity index (χ0) is 22.9. The molecule has 1 aromatic carbocycles. The zero-order valence-corrected chi connectivity index (χ0v) is 20.0. The molecule has 6 heteroatoms. The van der Waals surface area contributed by atoms with Crippen molar-refractivity contribution < 1.29 is 18.7 Å². The molecule has 1 fully saturated rings. The van der Waals surface area contributed by atoms with Crippen LogP contribution >= 0.6 is 0 Å². The van der Waals surface area contributed by atoms with Crippen molar-refractivity contribution in [2.75, 3.05) is 46.6 Å². The van der Waals surface area contributed by atoms with Crippen molar-refractivity contribution in [2.24, 2.45) is 0 Å². The van der Waals surface area contributed by atoms with Crippen LogP contribution in [0.25, 0.3) is 0 Å². The van der Waals surface area contributed by atoms with E-state index in [2.05, 4.69) is 22.3 Å². The molecule has 0 bridgehead atoms. The number of unbranched alkanes of at least 4 members (excludes halogenated alkanes) is 5. The van der Waals surface area contributed by atoms with E-state index < -0.39 is 0 Å². The minimum atomic E-state index is -0.291. The van der Waals surface area contributed by atoms with Crippen LogP contribution in [0.3, 0.4) is 0 Å². The maximum atomic E-state index is 12.6. The molecule has 1 aliphatic rings. The summed E-state index contributed by atoms with van der Waals surface area (Å²) < 4.78 is 22.9. The lowest BCUT2D eigenvalue weighted by molar-refractivity contribution is -0.122. The fourth-order valence-electron chi connectivity index (χ4n) is 4.19. The number of methoxy groups -OCH3 is 1. The van der Waals surface area contributed by atoms with E-state index >= 15 is 0 Å². The molecule has 182 valence electrons. The van der Waals surface area contributed by atoms with Gasteiger partial charge in [-0.25, -0.2) is 0 Å². The van der Waals surface area contributed by atoms with Crippen LogP contribution in [0.15, 0.2) is 24.3 Å². The van der Waals surface area contributed by atoms with Gasteiger partial charge in [0.25, 0.3) is 0 Å². The van der Waals surface area contributed by atoms with E-state index in [1.165, 1.54) is 24.8 Å². The predicted molar refractivity (Wildman–Crippen MR) is 128 cm³/mol.